The van der Waals surface area contributed by atoms with Crippen LogP contribution in [-0.2, 0) is 10.0 Å². The van der Waals surface area contributed by atoms with Crippen molar-refractivity contribution in [1.29, 1.82) is 5.26 Å². The van der Waals surface area contributed by atoms with E-state index >= 15 is 0 Å². The molecule has 12 heteroatoms. The number of hydrogen-bond donors (Lipinski definition) is 3. The first kappa shape index (κ1) is 25.4. The minimum atomic E-state index is -4.03. The van der Waals surface area contributed by atoms with Crippen LogP contribution in [0, 0.1) is 11.3 Å². The first-order valence-corrected chi connectivity index (χ1v) is 12.3. The fraction of sp³-hybridized carbons (Fsp3) is 0.120. The first-order valence-electron chi connectivity index (χ1n) is 10.9. The molecule has 0 fully saturated rings. The fourth-order valence-electron chi connectivity index (χ4n) is 3.78. The van der Waals surface area contributed by atoms with Crippen molar-refractivity contribution in [3.8, 4) is 22.9 Å². The summed E-state index contributed by atoms with van der Waals surface area (Å²) < 4.78 is 39.5. The molecule has 1 aromatic heterocycles. The molecule has 188 valence electrons. The number of amides is 1. The van der Waals surface area contributed by atoms with E-state index in [0.29, 0.717) is 11.3 Å². The maximum absolute atomic E-state index is 13.1. The van der Waals surface area contributed by atoms with Crippen molar-refractivity contribution < 1.29 is 32.4 Å². The Morgan fingerprint density at radius 3 is 2.57 bits per heavy atom. The second-order valence-corrected chi connectivity index (χ2v) is 9.44. The molecule has 0 bridgehead atoms. The van der Waals surface area contributed by atoms with Crippen molar-refractivity contribution in [3.05, 3.63) is 71.4 Å². The third-order valence-corrected chi connectivity index (χ3v) is 7.02. The number of rotatable bonds is 8. The first-order chi connectivity index (χ1) is 17.7. The van der Waals surface area contributed by atoms with Crippen LogP contribution in [0.3, 0.4) is 0 Å². The van der Waals surface area contributed by atoms with Gasteiger partial charge in [0, 0.05) is 17.7 Å². The van der Waals surface area contributed by atoms with Crippen LogP contribution in [0.5, 0.6) is 5.75 Å². The van der Waals surface area contributed by atoms with Gasteiger partial charge in [0.1, 0.15) is 5.75 Å². The Morgan fingerprint density at radius 2 is 1.89 bits per heavy atom. The second kappa shape index (κ2) is 10.1. The number of carbonyl (C=O) groups is 2. The normalized spacial score (nSPS) is 11.2. The standard InChI is InChI=1S/C25H20N4O7S/c1-3-27-37(33,34)22-12-18-21(11-16(22)15-6-4-5-7-20(15)35-2)36-29-23(18)24(30)28-19-9-8-14(13-26)10-17(19)25(31)32/h4-12,27H,3H2,1-2H3,(H,28,30)(H,31,32). The minimum Gasteiger partial charge on any atom is -0.496 e. The van der Waals surface area contributed by atoms with Gasteiger partial charge in [-0.2, -0.15) is 5.26 Å². The van der Waals surface area contributed by atoms with Crippen LogP contribution in [0.1, 0.15) is 33.3 Å². The topological polar surface area (TPSA) is 172 Å². The summed E-state index contributed by atoms with van der Waals surface area (Å²) in [5, 5.41) is 24.9. The zero-order valence-corrected chi connectivity index (χ0v) is 20.4. The molecular formula is C25H20N4O7S. The molecule has 11 nitrogen and oxygen atoms in total. The van der Waals surface area contributed by atoms with Gasteiger partial charge in [0.25, 0.3) is 5.91 Å². The number of ether oxygens (including phenoxy) is 1. The molecule has 4 aromatic rings. The maximum atomic E-state index is 13.1. The fourth-order valence-corrected chi connectivity index (χ4v) is 5.04. The van der Waals surface area contributed by atoms with Crippen LogP contribution in [0.2, 0.25) is 0 Å². The van der Waals surface area contributed by atoms with Gasteiger partial charge in [0.15, 0.2) is 11.3 Å². The van der Waals surface area contributed by atoms with Crippen molar-refractivity contribution >= 4 is 38.6 Å². The van der Waals surface area contributed by atoms with Gasteiger partial charge in [0.05, 0.1) is 40.3 Å². The van der Waals surface area contributed by atoms with Gasteiger partial charge in [0.2, 0.25) is 10.0 Å². The lowest BCUT2D eigenvalue weighted by atomic mass is 10.0. The van der Waals surface area contributed by atoms with Crippen LogP contribution in [0.25, 0.3) is 22.1 Å². The number of carbonyl (C=O) groups excluding carboxylic acids is 1. The highest BCUT2D eigenvalue weighted by Gasteiger charge is 2.26. The average Bonchev–Trinajstić information content (AvgIpc) is 3.31. The van der Waals surface area contributed by atoms with Crippen LogP contribution in [-0.4, -0.2) is 44.2 Å². The highest BCUT2D eigenvalue weighted by atomic mass is 32.2. The Kier molecular flexibility index (Phi) is 6.92. The van der Waals surface area contributed by atoms with Crippen molar-refractivity contribution in [2.75, 3.05) is 19.0 Å². The summed E-state index contributed by atoms with van der Waals surface area (Å²) in [6, 6.07) is 15.2. The number of anilines is 1. The third-order valence-electron chi connectivity index (χ3n) is 5.44. The van der Waals surface area contributed by atoms with Gasteiger partial charge in [-0.3, -0.25) is 4.79 Å². The molecule has 37 heavy (non-hydrogen) atoms. The zero-order valence-electron chi connectivity index (χ0n) is 19.6. The average molecular weight is 521 g/mol. The second-order valence-electron chi connectivity index (χ2n) is 7.71. The molecule has 1 amide bonds. The lowest BCUT2D eigenvalue weighted by molar-refractivity contribution is 0.0698. The van der Waals surface area contributed by atoms with E-state index in [4.69, 9.17) is 14.5 Å². The number of nitrogens with zero attached hydrogens (tertiary/aromatic N) is 2. The highest BCUT2D eigenvalue weighted by Crippen LogP contribution is 2.38. The summed E-state index contributed by atoms with van der Waals surface area (Å²) in [4.78, 5) is 24.6. The Balaban J connectivity index is 1.86. The van der Waals surface area contributed by atoms with Gasteiger partial charge in [-0.1, -0.05) is 30.3 Å². The van der Waals surface area contributed by atoms with E-state index in [0.717, 1.165) is 6.07 Å². The van der Waals surface area contributed by atoms with E-state index in [-0.39, 0.29) is 50.5 Å². The number of carboxylic acids is 1. The number of nitriles is 1. The number of nitrogens with one attached hydrogen (secondary N) is 2. The number of aromatic carboxylic acids is 1. The van der Waals surface area contributed by atoms with Crippen molar-refractivity contribution in [2.45, 2.75) is 11.8 Å². The molecular weight excluding hydrogens is 500 g/mol. The molecule has 0 unspecified atom stereocenters. The van der Waals surface area contributed by atoms with Gasteiger partial charge >= 0.3 is 5.97 Å². The van der Waals surface area contributed by atoms with E-state index in [1.807, 2.05) is 6.07 Å². The molecule has 0 saturated carbocycles. The van der Waals surface area contributed by atoms with E-state index < -0.39 is 21.9 Å². The van der Waals surface area contributed by atoms with Gasteiger partial charge in [-0.05, 0) is 36.4 Å². The van der Waals surface area contributed by atoms with E-state index in [9.17, 15) is 23.1 Å². The van der Waals surface area contributed by atoms with Gasteiger partial charge in [-0.15, -0.1) is 0 Å². The number of sulfonamides is 1. The quantitative estimate of drug-likeness (QED) is 0.314. The summed E-state index contributed by atoms with van der Waals surface area (Å²) in [7, 11) is -2.57. The molecule has 4 rings (SSSR count). The van der Waals surface area contributed by atoms with E-state index in [2.05, 4.69) is 15.2 Å². The third kappa shape index (κ3) is 4.86. The molecule has 0 atom stereocenters. The smallest absolute Gasteiger partial charge is 0.337 e. The molecule has 3 N–H and O–H groups in total. The summed E-state index contributed by atoms with van der Waals surface area (Å²) in [6.45, 7) is 1.76. The number of carboxylic acid groups (broad SMARTS) is 1. The molecule has 0 radical (unpaired) electrons. The minimum absolute atomic E-state index is 0.0706. The van der Waals surface area contributed by atoms with Crippen molar-refractivity contribution in [3.63, 3.8) is 0 Å². The molecule has 0 aliphatic heterocycles. The lowest BCUT2D eigenvalue weighted by Gasteiger charge is -2.14. The Morgan fingerprint density at radius 1 is 1.14 bits per heavy atom. The van der Waals surface area contributed by atoms with Crippen LogP contribution < -0.4 is 14.8 Å². The van der Waals surface area contributed by atoms with Crippen LogP contribution >= 0.6 is 0 Å². The van der Waals surface area contributed by atoms with Crippen LogP contribution in [0.4, 0.5) is 5.69 Å². The summed E-state index contributed by atoms with van der Waals surface area (Å²) >= 11 is 0. The molecule has 1 heterocycles. The van der Waals surface area contributed by atoms with Gasteiger partial charge in [-0.25, -0.2) is 17.9 Å². The summed E-state index contributed by atoms with van der Waals surface area (Å²) in [6.07, 6.45) is 0. The summed E-state index contributed by atoms with van der Waals surface area (Å²) in [5.41, 5.74) is 0.357. The monoisotopic (exact) mass is 520 g/mol. The number of aromatic nitrogens is 1. The number of methoxy groups -OCH3 is 1. The molecule has 0 aliphatic carbocycles. The SMILES string of the molecule is CCNS(=O)(=O)c1cc2c(C(=O)Nc3ccc(C#N)cc3C(=O)O)noc2cc1-c1ccccc1OC. The van der Waals surface area contributed by atoms with Gasteiger partial charge < -0.3 is 19.7 Å². The predicted molar refractivity (Wildman–Crippen MR) is 133 cm³/mol. The predicted octanol–water partition coefficient (Wildman–Crippen LogP) is 3.62. The Hall–Kier alpha value is -4.73. The number of fused-ring (bicyclic) bond motifs is 1. The molecule has 0 saturated heterocycles. The molecule has 0 aliphatic rings. The van der Waals surface area contributed by atoms with E-state index in [1.54, 1.807) is 31.2 Å². The van der Waals surface area contributed by atoms with Crippen molar-refractivity contribution in [1.82, 2.24) is 9.88 Å². The highest BCUT2D eigenvalue weighted by molar-refractivity contribution is 7.89. The maximum Gasteiger partial charge on any atom is 0.337 e. The molecule has 0 spiro atoms. The summed E-state index contributed by atoms with van der Waals surface area (Å²) in [5.74, 6) is -1.75. The number of hydrogen-bond acceptors (Lipinski definition) is 8. The van der Waals surface area contributed by atoms with Crippen molar-refractivity contribution in [2.24, 2.45) is 0 Å². The van der Waals surface area contributed by atoms with E-state index in [1.165, 1.54) is 31.4 Å². The molecule has 3 aromatic carbocycles. The Bertz CT molecular complexity index is 1690. The number of benzene rings is 3. The largest absolute Gasteiger partial charge is 0.496 e. The Labute approximate surface area is 211 Å². The van der Waals surface area contributed by atoms with Crippen LogP contribution in [0.15, 0.2) is 64.0 Å². The zero-order chi connectivity index (χ0) is 26.7. The number of para-hydroxylation sites is 1. The lowest BCUT2D eigenvalue weighted by Crippen LogP contribution is -2.24.